The van der Waals surface area contributed by atoms with E-state index in [9.17, 15) is 13.2 Å². The third-order valence-electron chi connectivity index (χ3n) is 3.85. The van der Waals surface area contributed by atoms with E-state index in [0.29, 0.717) is 5.56 Å². The highest BCUT2D eigenvalue weighted by atomic mass is 32.2. The lowest BCUT2D eigenvalue weighted by molar-refractivity contribution is 0.0770. The summed E-state index contributed by atoms with van der Waals surface area (Å²) < 4.78 is 24.8. The van der Waals surface area contributed by atoms with Gasteiger partial charge in [-0.1, -0.05) is 12.1 Å². The monoisotopic (exact) mass is 319 g/mol. The van der Waals surface area contributed by atoms with E-state index in [2.05, 4.69) is 4.98 Å². The molecule has 0 spiro atoms. The van der Waals surface area contributed by atoms with Gasteiger partial charge in [0.05, 0.1) is 29.7 Å². The minimum atomic E-state index is -2.99. The van der Waals surface area contributed by atoms with Crippen LogP contribution in [0.2, 0.25) is 0 Å². The van der Waals surface area contributed by atoms with E-state index in [1.54, 1.807) is 23.5 Å². The largest absolute Gasteiger partial charge is 0.337 e. The van der Waals surface area contributed by atoms with Crippen molar-refractivity contribution in [3.05, 3.63) is 42.4 Å². The van der Waals surface area contributed by atoms with Crippen LogP contribution in [0.25, 0.3) is 11.3 Å². The second kappa shape index (κ2) is 5.57. The Bertz CT molecular complexity index is 797. The molecule has 0 saturated carbocycles. The van der Waals surface area contributed by atoms with Gasteiger partial charge < -0.3 is 9.47 Å². The SMILES string of the molecule is Cn1cncc1-c1cccc(C(=O)N2CCS(=O)(=O)CC2)c1. The van der Waals surface area contributed by atoms with Crippen LogP contribution in [0.4, 0.5) is 0 Å². The van der Waals surface area contributed by atoms with E-state index in [1.165, 1.54) is 0 Å². The molecule has 116 valence electrons. The summed E-state index contributed by atoms with van der Waals surface area (Å²) >= 11 is 0. The Labute approximate surface area is 129 Å². The minimum absolute atomic E-state index is 0.0418. The van der Waals surface area contributed by atoms with Crippen molar-refractivity contribution in [1.29, 1.82) is 0 Å². The molecule has 1 aliphatic rings. The summed E-state index contributed by atoms with van der Waals surface area (Å²) in [5.74, 6) is -0.0423. The number of aryl methyl sites for hydroxylation is 1. The van der Waals surface area contributed by atoms with Gasteiger partial charge >= 0.3 is 0 Å². The van der Waals surface area contributed by atoms with Gasteiger partial charge in [0, 0.05) is 31.3 Å². The molecule has 1 aromatic carbocycles. The summed E-state index contributed by atoms with van der Waals surface area (Å²) in [5, 5.41) is 0. The van der Waals surface area contributed by atoms with Crippen LogP contribution in [0.3, 0.4) is 0 Å². The number of rotatable bonds is 2. The van der Waals surface area contributed by atoms with Crippen LogP contribution in [-0.2, 0) is 16.9 Å². The zero-order chi connectivity index (χ0) is 15.7. The molecule has 7 heteroatoms. The van der Waals surface area contributed by atoms with E-state index >= 15 is 0 Å². The number of aromatic nitrogens is 2. The van der Waals surface area contributed by atoms with Crippen molar-refractivity contribution in [2.75, 3.05) is 24.6 Å². The van der Waals surface area contributed by atoms with Crippen LogP contribution in [0, 0.1) is 0 Å². The summed E-state index contributed by atoms with van der Waals surface area (Å²) in [7, 11) is -1.09. The maximum Gasteiger partial charge on any atom is 0.253 e. The average molecular weight is 319 g/mol. The van der Waals surface area contributed by atoms with Crippen molar-refractivity contribution < 1.29 is 13.2 Å². The minimum Gasteiger partial charge on any atom is -0.337 e. The Morgan fingerprint density at radius 1 is 1.23 bits per heavy atom. The van der Waals surface area contributed by atoms with E-state index in [4.69, 9.17) is 0 Å². The third-order valence-corrected chi connectivity index (χ3v) is 5.46. The zero-order valence-electron chi connectivity index (χ0n) is 12.3. The Morgan fingerprint density at radius 2 is 1.95 bits per heavy atom. The van der Waals surface area contributed by atoms with E-state index in [-0.39, 0.29) is 30.5 Å². The standard InChI is InChI=1S/C15H17N3O3S/c1-17-11-16-10-14(17)12-3-2-4-13(9-12)15(19)18-5-7-22(20,21)8-6-18/h2-4,9-11H,5-8H2,1H3. The highest BCUT2D eigenvalue weighted by Crippen LogP contribution is 2.20. The van der Waals surface area contributed by atoms with Gasteiger partial charge in [-0.15, -0.1) is 0 Å². The quantitative estimate of drug-likeness (QED) is 0.826. The Balaban J connectivity index is 1.84. The summed E-state index contributed by atoms with van der Waals surface area (Å²) in [4.78, 5) is 18.2. The van der Waals surface area contributed by atoms with Crippen LogP contribution in [0.1, 0.15) is 10.4 Å². The molecule has 1 amide bonds. The number of nitrogens with zero attached hydrogens (tertiary/aromatic N) is 3. The maximum atomic E-state index is 12.5. The lowest BCUT2D eigenvalue weighted by Gasteiger charge is -2.26. The van der Waals surface area contributed by atoms with E-state index < -0.39 is 9.84 Å². The van der Waals surface area contributed by atoms with Crippen molar-refractivity contribution in [1.82, 2.24) is 14.5 Å². The highest BCUT2D eigenvalue weighted by molar-refractivity contribution is 7.91. The smallest absolute Gasteiger partial charge is 0.253 e. The summed E-state index contributed by atoms with van der Waals surface area (Å²) in [6.07, 6.45) is 3.45. The summed E-state index contributed by atoms with van der Waals surface area (Å²) in [5.41, 5.74) is 2.41. The zero-order valence-corrected chi connectivity index (χ0v) is 13.1. The van der Waals surface area contributed by atoms with Crippen molar-refractivity contribution in [2.45, 2.75) is 0 Å². The molecule has 1 fully saturated rings. The number of imidazole rings is 1. The van der Waals surface area contributed by atoms with Gasteiger partial charge in [-0.05, 0) is 12.1 Å². The molecular formula is C15H17N3O3S. The number of hydrogen-bond acceptors (Lipinski definition) is 4. The number of amides is 1. The Hall–Kier alpha value is -2.15. The van der Waals surface area contributed by atoms with Gasteiger partial charge in [0.2, 0.25) is 0 Å². The number of carbonyl (C=O) groups is 1. The second-order valence-corrected chi connectivity index (χ2v) is 7.72. The predicted molar refractivity (Wildman–Crippen MR) is 83.2 cm³/mol. The van der Waals surface area contributed by atoms with Crippen LogP contribution >= 0.6 is 0 Å². The summed E-state index contributed by atoms with van der Waals surface area (Å²) in [6.45, 7) is 0.522. The van der Waals surface area contributed by atoms with Gasteiger partial charge in [-0.2, -0.15) is 0 Å². The van der Waals surface area contributed by atoms with Gasteiger partial charge in [0.25, 0.3) is 5.91 Å². The van der Waals surface area contributed by atoms with Crippen molar-refractivity contribution in [2.24, 2.45) is 7.05 Å². The first-order valence-electron chi connectivity index (χ1n) is 7.03. The molecule has 0 N–H and O–H groups in total. The molecule has 0 unspecified atom stereocenters. The summed E-state index contributed by atoms with van der Waals surface area (Å²) in [6, 6.07) is 7.33. The molecule has 1 aromatic heterocycles. The first kappa shape index (κ1) is 14.8. The number of sulfone groups is 1. The molecule has 2 aromatic rings. The van der Waals surface area contributed by atoms with Gasteiger partial charge in [-0.25, -0.2) is 13.4 Å². The number of benzene rings is 1. The van der Waals surface area contributed by atoms with Crippen LogP contribution in [0.5, 0.6) is 0 Å². The Morgan fingerprint density at radius 3 is 2.59 bits per heavy atom. The molecule has 3 rings (SSSR count). The fourth-order valence-corrected chi connectivity index (χ4v) is 3.75. The normalized spacial score (nSPS) is 17.4. The molecule has 22 heavy (non-hydrogen) atoms. The number of carbonyl (C=O) groups excluding carboxylic acids is 1. The third kappa shape index (κ3) is 2.89. The van der Waals surface area contributed by atoms with Crippen molar-refractivity contribution >= 4 is 15.7 Å². The molecule has 1 saturated heterocycles. The van der Waals surface area contributed by atoms with Gasteiger partial charge in [0.15, 0.2) is 9.84 Å². The van der Waals surface area contributed by atoms with E-state index in [0.717, 1.165) is 11.3 Å². The molecule has 1 aliphatic heterocycles. The van der Waals surface area contributed by atoms with Crippen LogP contribution in [-0.4, -0.2) is 53.4 Å². The molecular weight excluding hydrogens is 302 g/mol. The van der Waals surface area contributed by atoms with Crippen molar-refractivity contribution in [3.8, 4) is 11.3 Å². The highest BCUT2D eigenvalue weighted by Gasteiger charge is 2.25. The van der Waals surface area contributed by atoms with Crippen LogP contribution in [0.15, 0.2) is 36.8 Å². The van der Waals surface area contributed by atoms with Crippen LogP contribution < -0.4 is 0 Å². The molecule has 0 bridgehead atoms. The second-order valence-electron chi connectivity index (χ2n) is 5.41. The molecule has 0 radical (unpaired) electrons. The lowest BCUT2D eigenvalue weighted by atomic mass is 10.1. The fraction of sp³-hybridized carbons (Fsp3) is 0.333. The van der Waals surface area contributed by atoms with Crippen molar-refractivity contribution in [3.63, 3.8) is 0 Å². The first-order valence-corrected chi connectivity index (χ1v) is 8.85. The molecule has 6 nitrogen and oxygen atoms in total. The Kier molecular flexibility index (Phi) is 3.74. The van der Waals surface area contributed by atoms with E-state index in [1.807, 2.05) is 29.8 Å². The average Bonchev–Trinajstić information content (AvgIpc) is 2.93. The van der Waals surface area contributed by atoms with Gasteiger partial charge in [-0.3, -0.25) is 4.79 Å². The van der Waals surface area contributed by atoms with Gasteiger partial charge in [0.1, 0.15) is 0 Å². The molecule has 0 atom stereocenters. The molecule has 0 aliphatic carbocycles. The predicted octanol–water partition coefficient (Wildman–Crippen LogP) is 0.958. The number of hydrogen-bond donors (Lipinski definition) is 0. The maximum absolute atomic E-state index is 12.5. The molecule has 2 heterocycles. The first-order chi connectivity index (χ1) is 10.5. The lowest BCUT2D eigenvalue weighted by Crippen LogP contribution is -2.43. The topological polar surface area (TPSA) is 72.3 Å². The fourth-order valence-electron chi connectivity index (χ4n) is 2.55.